The lowest BCUT2D eigenvalue weighted by molar-refractivity contribution is -0.0489. The van der Waals surface area contributed by atoms with E-state index in [0.717, 1.165) is 37.3 Å². The van der Waals surface area contributed by atoms with Gasteiger partial charge in [0.05, 0.1) is 12.3 Å². The van der Waals surface area contributed by atoms with Gasteiger partial charge in [0.1, 0.15) is 11.9 Å². The molecule has 1 aromatic rings. The number of aromatic nitrogens is 2. The smallest absolute Gasteiger partial charge is 0.125 e. The van der Waals surface area contributed by atoms with E-state index in [0.29, 0.717) is 0 Å². The first kappa shape index (κ1) is 14.0. The van der Waals surface area contributed by atoms with E-state index in [1.165, 1.54) is 38.5 Å². The van der Waals surface area contributed by atoms with Gasteiger partial charge in [0.2, 0.25) is 0 Å². The van der Waals surface area contributed by atoms with Gasteiger partial charge in [-0.1, -0.05) is 25.7 Å². The standard InChI is InChI=1S/C16H25N3O/c1-13-17-9-8-15(18-13)16-12-19(10-11-20-16)14-6-4-2-3-5-7-14/h8-9,14,16H,2-7,10-12H2,1H3. The third-order valence-corrected chi connectivity index (χ3v) is 4.57. The Morgan fingerprint density at radius 3 is 2.75 bits per heavy atom. The van der Waals surface area contributed by atoms with Gasteiger partial charge in [-0.25, -0.2) is 9.97 Å². The van der Waals surface area contributed by atoms with Crippen LogP contribution in [0.1, 0.15) is 56.1 Å². The summed E-state index contributed by atoms with van der Waals surface area (Å²) in [7, 11) is 0. The molecule has 110 valence electrons. The van der Waals surface area contributed by atoms with Crippen molar-refractivity contribution in [1.82, 2.24) is 14.9 Å². The van der Waals surface area contributed by atoms with Crippen LogP contribution in [0.2, 0.25) is 0 Å². The minimum atomic E-state index is 0.119. The zero-order valence-corrected chi connectivity index (χ0v) is 12.4. The summed E-state index contributed by atoms with van der Waals surface area (Å²) in [5, 5.41) is 0. The Bertz CT molecular complexity index is 429. The highest BCUT2D eigenvalue weighted by atomic mass is 16.5. The van der Waals surface area contributed by atoms with Gasteiger partial charge in [0.25, 0.3) is 0 Å². The Hall–Kier alpha value is -1.00. The lowest BCUT2D eigenvalue weighted by Crippen LogP contribution is -2.44. The summed E-state index contributed by atoms with van der Waals surface area (Å²) in [6.45, 7) is 4.83. The maximum Gasteiger partial charge on any atom is 0.125 e. The van der Waals surface area contributed by atoms with E-state index in [2.05, 4.69) is 14.9 Å². The second kappa shape index (κ2) is 6.64. The van der Waals surface area contributed by atoms with E-state index in [1.807, 2.05) is 19.2 Å². The van der Waals surface area contributed by atoms with Crippen molar-refractivity contribution in [2.45, 2.75) is 57.6 Å². The number of hydrogen-bond acceptors (Lipinski definition) is 4. The second-order valence-corrected chi connectivity index (χ2v) is 6.03. The van der Waals surface area contributed by atoms with E-state index >= 15 is 0 Å². The largest absolute Gasteiger partial charge is 0.369 e. The molecule has 0 aromatic carbocycles. The van der Waals surface area contributed by atoms with Crippen LogP contribution in [0.5, 0.6) is 0 Å². The minimum Gasteiger partial charge on any atom is -0.369 e. The molecule has 1 aliphatic heterocycles. The lowest BCUT2D eigenvalue weighted by Gasteiger charge is -2.38. The van der Waals surface area contributed by atoms with Crippen molar-refractivity contribution in [3.8, 4) is 0 Å². The Kier molecular flexibility index (Phi) is 4.63. The molecule has 2 aliphatic rings. The summed E-state index contributed by atoms with van der Waals surface area (Å²) in [6.07, 6.45) is 10.3. The quantitative estimate of drug-likeness (QED) is 0.778. The van der Waals surface area contributed by atoms with Gasteiger partial charge in [-0.15, -0.1) is 0 Å². The number of ether oxygens (including phenoxy) is 1. The molecule has 3 rings (SSSR count). The van der Waals surface area contributed by atoms with Crippen LogP contribution in [0, 0.1) is 6.92 Å². The van der Waals surface area contributed by atoms with Crippen LogP contribution in [0.15, 0.2) is 12.3 Å². The Morgan fingerprint density at radius 2 is 2.00 bits per heavy atom. The molecule has 4 nitrogen and oxygen atoms in total. The molecular weight excluding hydrogens is 250 g/mol. The van der Waals surface area contributed by atoms with Crippen LogP contribution in [0.3, 0.4) is 0 Å². The molecule has 1 unspecified atom stereocenters. The van der Waals surface area contributed by atoms with Crippen molar-refractivity contribution in [2.75, 3.05) is 19.7 Å². The molecule has 1 atom stereocenters. The highest BCUT2D eigenvalue weighted by Gasteiger charge is 2.28. The van der Waals surface area contributed by atoms with Gasteiger partial charge >= 0.3 is 0 Å². The molecule has 1 saturated carbocycles. The van der Waals surface area contributed by atoms with Gasteiger partial charge in [-0.2, -0.15) is 0 Å². The number of aryl methyl sites for hydroxylation is 1. The summed E-state index contributed by atoms with van der Waals surface area (Å²) >= 11 is 0. The zero-order chi connectivity index (χ0) is 13.8. The van der Waals surface area contributed by atoms with E-state index in [4.69, 9.17) is 4.74 Å². The molecule has 0 bridgehead atoms. The lowest BCUT2D eigenvalue weighted by atomic mass is 10.0. The predicted octanol–water partition coefficient (Wildman–Crippen LogP) is 2.88. The molecule has 1 saturated heterocycles. The molecule has 0 radical (unpaired) electrons. The van der Waals surface area contributed by atoms with E-state index in [-0.39, 0.29) is 6.10 Å². The number of rotatable bonds is 2. The number of nitrogens with zero attached hydrogens (tertiary/aromatic N) is 3. The fourth-order valence-corrected chi connectivity index (χ4v) is 3.46. The normalized spacial score (nSPS) is 26.4. The van der Waals surface area contributed by atoms with Gasteiger partial charge in [0.15, 0.2) is 0 Å². The first-order chi connectivity index (χ1) is 9.83. The van der Waals surface area contributed by atoms with Gasteiger partial charge in [0, 0.05) is 25.3 Å². The van der Waals surface area contributed by atoms with Crippen LogP contribution >= 0.6 is 0 Å². The molecule has 4 heteroatoms. The third kappa shape index (κ3) is 3.36. The summed E-state index contributed by atoms with van der Waals surface area (Å²) in [4.78, 5) is 11.3. The van der Waals surface area contributed by atoms with Crippen molar-refractivity contribution in [2.24, 2.45) is 0 Å². The molecule has 0 N–H and O–H groups in total. The maximum absolute atomic E-state index is 5.94. The molecule has 0 amide bonds. The maximum atomic E-state index is 5.94. The average Bonchev–Trinajstić information content (AvgIpc) is 2.76. The van der Waals surface area contributed by atoms with Gasteiger partial charge in [-0.3, -0.25) is 4.90 Å². The summed E-state index contributed by atoms with van der Waals surface area (Å²) in [6, 6.07) is 2.75. The second-order valence-electron chi connectivity index (χ2n) is 6.03. The Morgan fingerprint density at radius 1 is 1.20 bits per heavy atom. The minimum absolute atomic E-state index is 0.119. The summed E-state index contributed by atoms with van der Waals surface area (Å²) in [5.74, 6) is 0.831. The highest BCUT2D eigenvalue weighted by molar-refractivity contribution is 5.07. The molecule has 20 heavy (non-hydrogen) atoms. The van der Waals surface area contributed by atoms with E-state index < -0.39 is 0 Å². The van der Waals surface area contributed by atoms with Gasteiger partial charge < -0.3 is 4.74 Å². The van der Waals surface area contributed by atoms with E-state index in [1.54, 1.807) is 0 Å². The zero-order valence-electron chi connectivity index (χ0n) is 12.4. The Balaban J connectivity index is 1.66. The third-order valence-electron chi connectivity index (χ3n) is 4.57. The van der Waals surface area contributed by atoms with Crippen LogP contribution in [-0.4, -0.2) is 40.6 Å². The Labute approximate surface area is 121 Å². The highest BCUT2D eigenvalue weighted by Crippen LogP contribution is 2.27. The fourth-order valence-electron chi connectivity index (χ4n) is 3.46. The number of morpholine rings is 1. The molecule has 0 spiro atoms. The van der Waals surface area contributed by atoms with Gasteiger partial charge in [-0.05, 0) is 25.8 Å². The van der Waals surface area contributed by atoms with Crippen molar-refractivity contribution in [3.63, 3.8) is 0 Å². The van der Waals surface area contributed by atoms with Crippen LogP contribution < -0.4 is 0 Å². The first-order valence-corrected chi connectivity index (χ1v) is 7.98. The van der Waals surface area contributed by atoms with Crippen LogP contribution in [-0.2, 0) is 4.74 Å². The van der Waals surface area contributed by atoms with Crippen molar-refractivity contribution >= 4 is 0 Å². The monoisotopic (exact) mass is 275 g/mol. The topological polar surface area (TPSA) is 38.2 Å². The first-order valence-electron chi connectivity index (χ1n) is 7.98. The van der Waals surface area contributed by atoms with Crippen molar-refractivity contribution in [3.05, 3.63) is 23.8 Å². The van der Waals surface area contributed by atoms with Crippen LogP contribution in [0.4, 0.5) is 0 Å². The summed E-state index contributed by atoms with van der Waals surface area (Å²) in [5.41, 5.74) is 1.04. The SMILES string of the molecule is Cc1nccc(C2CN(C3CCCCCC3)CCO2)n1. The van der Waals surface area contributed by atoms with E-state index in [9.17, 15) is 0 Å². The average molecular weight is 275 g/mol. The molecule has 1 aliphatic carbocycles. The molecule has 2 heterocycles. The molecule has 1 aromatic heterocycles. The summed E-state index contributed by atoms with van der Waals surface area (Å²) < 4.78 is 5.94. The molecular formula is C16H25N3O. The number of hydrogen-bond donors (Lipinski definition) is 0. The fraction of sp³-hybridized carbons (Fsp3) is 0.750. The van der Waals surface area contributed by atoms with Crippen molar-refractivity contribution in [1.29, 1.82) is 0 Å². The molecule has 2 fully saturated rings. The van der Waals surface area contributed by atoms with Crippen molar-refractivity contribution < 1.29 is 4.74 Å². The predicted molar refractivity (Wildman–Crippen MR) is 78.5 cm³/mol. The van der Waals surface area contributed by atoms with Crippen LogP contribution in [0.25, 0.3) is 0 Å².